The fourth-order valence-corrected chi connectivity index (χ4v) is 4.89. The summed E-state index contributed by atoms with van der Waals surface area (Å²) in [5, 5.41) is 15.4. The van der Waals surface area contributed by atoms with Crippen LogP contribution in [0.1, 0.15) is 30.1 Å². The van der Waals surface area contributed by atoms with Crippen molar-refractivity contribution in [1.29, 1.82) is 5.26 Å². The van der Waals surface area contributed by atoms with Crippen molar-refractivity contribution < 1.29 is 0 Å². The van der Waals surface area contributed by atoms with Crippen molar-refractivity contribution in [2.45, 2.75) is 44.5 Å². The van der Waals surface area contributed by atoms with E-state index in [1.165, 1.54) is 11.3 Å². The molecule has 1 fully saturated rings. The molecule has 29 heavy (non-hydrogen) atoms. The summed E-state index contributed by atoms with van der Waals surface area (Å²) >= 11 is 0. The van der Waals surface area contributed by atoms with Crippen LogP contribution in [-0.4, -0.2) is 27.6 Å². The molecule has 0 amide bonds. The number of hydrogen-bond donors (Lipinski definition) is 0. The average molecular weight is 385 g/mol. The van der Waals surface area contributed by atoms with Gasteiger partial charge in [0.2, 0.25) is 0 Å². The highest BCUT2D eigenvalue weighted by molar-refractivity contribution is 6.67. The fourth-order valence-electron chi connectivity index (χ4n) is 4.89. The molecule has 7 heteroatoms. The summed E-state index contributed by atoms with van der Waals surface area (Å²) in [6.45, 7) is 1.94. The van der Waals surface area contributed by atoms with E-state index in [0.717, 1.165) is 61.5 Å². The lowest BCUT2D eigenvalue weighted by Gasteiger charge is -2.29. The molecule has 3 aromatic rings. The van der Waals surface area contributed by atoms with E-state index in [4.69, 9.17) is 5.26 Å². The predicted octanol–water partition coefficient (Wildman–Crippen LogP) is 3.19. The molecule has 0 saturated carbocycles. The molecule has 2 aromatic heterocycles. The number of nitriles is 1. The van der Waals surface area contributed by atoms with Crippen molar-refractivity contribution in [2.75, 3.05) is 11.4 Å². The van der Waals surface area contributed by atoms with Gasteiger partial charge in [-0.15, -0.1) is 0 Å². The third kappa shape index (κ3) is 3.23. The summed E-state index contributed by atoms with van der Waals surface area (Å²) in [6, 6.07) is 8.46. The Morgan fingerprint density at radius 1 is 1.24 bits per heavy atom. The number of rotatable bonds is 2. The number of anilines is 1. The smallest absolute Gasteiger partial charge is 0.268 e. The first-order valence-electron chi connectivity index (χ1n) is 10.4. The summed E-state index contributed by atoms with van der Waals surface area (Å²) < 4.78 is 3.78. The summed E-state index contributed by atoms with van der Waals surface area (Å²) in [4.78, 5) is 15.5. The first-order chi connectivity index (χ1) is 14.1. The Morgan fingerprint density at radius 3 is 2.86 bits per heavy atom. The standard InChI is InChI=1S/C22H24BN5O/c1-26-13-17-14-27(10-7-21(17)25-26)19-2-3-20-16(12-19)6-11-28(22(20)29)18-4-8-23(15-24)9-5-18/h2-3,6,11-13,18H,4-5,7-10,14H2,1H3. The van der Waals surface area contributed by atoms with Crippen LogP contribution in [0.5, 0.6) is 0 Å². The molecule has 0 N–H and O–H groups in total. The first kappa shape index (κ1) is 18.1. The predicted molar refractivity (Wildman–Crippen MR) is 115 cm³/mol. The van der Waals surface area contributed by atoms with E-state index in [-0.39, 0.29) is 18.3 Å². The monoisotopic (exact) mass is 385 g/mol. The van der Waals surface area contributed by atoms with Gasteiger partial charge in [-0.3, -0.25) is 9.48 Å². The molecule has 2 aliphatic rings. The van der Waals surface area contributed by atoms with Gasteiger partial charge in [-0.2, -0.15) is 5.10 Å². The van der Waals surface area contributed by atoms with Crippen molar-refractivity contribution in [2.24, 2.45) is 7.05 Å². The fraction of sp³-hybridized carbons (Fsp3) is 0.409. The van der Waals surface area contributed by atoms with Crippen LogP contribution in [0.25, 0.3) is 10.8 Å². The van der Waals surface area contributed by atoms with E-state index in [1.807, 2.05) is 28.6 Å². The second-order valence-corrected chi connectivity index (χ2v) is 8.38. The average Bonchev–Trinajstić information content (AvgIpc) is 3.13. The molecule has 2 aliphatic heterocycles. The van der Waals surface area contributed by atoms with E-state index < -0.39 is 0 Å². The molecule has 146 valence electrons. The molecule has 0 atom stereocenters. The van der Waals surface area contributed by atoms with Gasteiger partial charge in [0, 0.05) is 67.6 Å². The molecule has 5 rings (SSSR count). The lowest BCUT2D eigenvalue weighted by Crippen LogP contribution is -2.30. The van der Waals surface area contributed by atoms with Crippen LogP contribution >= 0.6 is 0 Å². The third-order valence-corrected chi connectivity index (χ3v) is 6.52. The molecule has 4 heterocycles. The zero-order valence-electron chi connectivity index (χ0n) is 16.7. The van der Waals surface area contributed by atoms with Gasteiger partial charge in [0.1, 0.15) is 0 Å². The minimum atomic E-state index is 0.0858. The second-order valence-electron chi connectivity index (χ2n) is 8.38. The molecule has 0 radical (unpaired) electrons. The number of nitrogens with zero attached hydrogens (tertiary/aromatic N) is 5. The summed E-state index contributed by atoms with van der Waals surface area (Å²) in [5.41, 5.74) is 3.71. The minimum Gasteiger partial charge on any atom is -0.367 e. The summed E-state index contributed by atoms with van der Waals surface area (Å²) in [6.07, 6.45) is 8.57. The molecule has 6 nitrogen and oxygen atoms in total. The summed E-state index contributed by atoms with van der Waals surface area (Å²) in [5.74, 6) is 2.37. The maximum absolute atomic E-state index is 13.1. The van der Waals surface area contributed by atoms with Gasteiger partial charge in [0.05, 0.1) is 5.69 Å². The molecule has 0 bridgehead atoms. The van der Waals surface area contributed by atoms with E-state index in [0.29, 0.717) is 0 Å². The minimum absolute atomic E-state index is 0.0858. The molecule has 1 aromatic carbocycles. The Morgan fingerprint density at radius 2 is 2.07 bits per heavy atom. The highest BCUT2D eigenvalue weighted by atomic mass is 16.1. The number of aryl methyl sites for hydroxylation is 1. The Hall–Kier alpha value is -3.01. The molecular weight excluding hydrogens is 361 g/mol. The number of fused-ring (bicyclic) bond motifs is 2. The van der Waals surface area contributed by atoms with Crippen molar-refractivity contribution in [3.8, 4) is 5.97 Å². The first-order valence-corrected chi connectivity index (χ1v) is 10.4. The number of pyridine rings is 1. The highest BCUT2D eigenvalue weighted by Gasteiger charge is 2.26. The van der Waals surface area contributed by atoms with E-state index in [2.05, 4.69) is 40.4 Å². The molecule has 0 aliphatic carbocycles. The quantitative estimate of drug-likeness (QED) is 0.636. The zero-order valence-corrected chi connectivity index (χ0v) is 16.7. The van der Waals surface area contributed by atoms with Crippen molar-refractivity contribution in [3.05, 3.63) is 58.3 Å². The van der Waals surface area contributed by atoms with Gasteiger partial charge in [-0.1, -0.05) is 12.6 Å². The van der Waals surface area contributed by atoms with Gasteiger partial charge in [-0.05, 0) is 42.5 Å². The lowest BCUT2D eigenvalue weighted by molar-refractivity contribution is 0.445. The largest absolute Gasteiger partial charge is 0.367 e. The molecule has 0 unspecified atom stereocenters. The lowest BCUT2D eigenvalue weighted by atomic mass is 9.42. The van der Waals surface area contributed by atoms with Gasteiger partial charge in [0.25, 0.3) is 12.3 Å². The number of benzene rings is 1. The zero-order chi connectivity index (χ0) is 20.0. The SMILES string of the molecule is Cn1cc2c(n1)CCN(c1ccc3c(=O)n(C4CCB(C#N)CC4)ccc3c1)C2. The van der Waals surface area contributed by atoms with Gasteiger partial charge >= 0.3 is 0 Å². The van der Waals surface area contributed by atoms with Crippen LogP contribution in [-0.2, 0) is 20.0 Å². The maximum atomic E-state index is 13.1. The van der Waals surface area contributed by atoms with E-state index >= 15 is 0 Å². The second kappa shape index (κ2) is 7.11. The van der Waals surface area contributed by atoms with Crippen molar-refractivity contribution in [1.82, 2.24) is 14.3 Å². The highest BCUT2D eigenvalue weighted by Crippen LogP contribution is 2.30. The van der Waals surface area contributed by atoms with Crippen LogP contribution in [0, 0.1) is 11.2 Å². The molecular formula is C22H24BN5O. The van der Waals surface area contributed by atoms with Crippen LogP contribution in [0.15, 0.2) is 41.5 Å². The van der Waals surface area contributed by atoms with Crippen LogP contribution in [0.4, 0.5) is 5.69 Å². The molecule has 1 saturated heterocycles. The Balaban J connectivity index is 1.42. The molecule has 0 spiro atoms. The maximum Gasteiger partial charge on any atom is 0.268 e. The summed E-state index contributed by atoms with van der Waals surface area (Å²) in [7, 11) is 1.97. The van der Waals surface area contributed by atoms with Gasteiger partial charge < -0.3 is 9.47 Å². The topological polar surface area (TPSA) is 66.8 Å². The van der Waals surface area contributed by atoms with E-state index in [9.17, 15) is 4.79 Å². The number of aromatic nitrogens is 3. The van der Waals surface area contributed by atoms with Crippen LogP contribution in [0.3, 0.4) is 0 Å². The van der Waals surface area contributed by atoms with Gasteiger partial charge in [-0.25, -0.2) is 5.26 Å². The third-order valence-electron chi connectivity index (χ3n) is 6.52. The number of hydrogen-bond acceptors (Lipinski definition) is 4. The van der Waals surface area contributed by atoms with Gasteiger partial charge in [0.15, 0.2) is 0 Å². The Bertz CT molecular complexity index is 1170. The normalized spacial score (nSPS) is 17.4. The van der Waals surface area contributed by atoms with Crippen LogP contribution < -0.4 is 10.5 Å². The van der Waals surface area contributed by atoms with Crippen LogP contribution in [0.2, 0.25) is 12.6 Å². The van der Waals surface area contributed by atoms with Crippen molar-refractivity contribution in [3.63, 3.8) is 0 Å². The Kier molecular flexibility index (Phi) is 4.42. The van der Waals surface area contributed by atoms with E-state index in [1.54, 1.807) is 0 Å². The van der Waals surface area contributed by atoms with Crippen molar-refractivity contribution >= 4 is 23.2 Å². The Labute approximate surface area is 170 Å².